The van der Waals surface area contributed by atoms with Crippen molar-refractivity contribution in [3.63, 3.8) is 0 Å². The lowest BCUT2D eigenvalue weighted by atomic mass is 10.3. The summed E-state index contributed by atoms with van der Waals surface area (Å²) in [6, 6.07) is 5.12. The predicted octanol–water partition coefficient (Wildman–Crippen LogP) is 1.78. The SMILES string of the molecule is CCN(CC)C(=O)CN(C)C(=O)c1cccc(Br)n1. The Bertz CT molecular complexity index is 461. The quantitative estimate of drug-likeness (QED) is 0.775. The standard InChI is InChI=1S/C13H18BrN3O2/c1-4-17(5-2)12(18)9-16(3)13(19)10-7-6-8-11(14)15-10/h6-8H,4-5,9H2,1-3H3. The van der Waals surface area contributed by atoms with E-state index < -0.39 is 0 Å². The molecule has 0 spiro atoms. The maximum absolute atomic E-state index is 12.1. The van der Waals surface area contributed by atoms with Crippen molar-refractivity contribution >= 4 is 27.7 Å². The van der Waals surface area contributed by atoms with Crippen molar-refractivity contribution in [2.75, 3.05) is 26.7 Å². The average Bonchev–Trinajstić information content (AvgIpc) is 2.39. The van der Waals surface area contributed by atoms with E-state index in [4.69, 9.17) is 0 Å². The summed E-state index contributed by atoms with van der Waals surface area (Å²) in [4.78, 5) is 31.2. The summed E-state index contributed by atoms with van der Waals surface area (Å²) >= 11 is 3.22. The highest BCUT2D eigenvalue weighted by atomic mass is 79.9. The van der Waals surface area contributed by atoms with Crippen LogP contribution in [-0.2, 0) is 4.79 Å². The maximum atomic E-state index is 12.1. The van der Waals surface area contributed by atoms with Gasteiger partial charge in [0.15, 0.2) is 0 Å². The highest BCUT2D eigenvalue weighted by Gasteiger charge is 2.18. The summed E-state index contributed by atoms with van der Waals surface area (Å²) in [5.74, 6) is -0.322. The van der Waals surface area contributed by atoms with Crippen molar-refractivity contribution in [2.45, 2.75) is 13.8 Å². The molecule has 5 nitrogen and oxygen atoms in total. The highest BCUT2D eigenvalue weighted by Crippen LogP contribution is 2.08. The zero-order chi connectivity index (χ0) is 14.4. The number of pyridine rings is 1. The third-order valence-electron chi connectivity index (χ3n) is 2.77. The molecule has 2 amide bonds. The monoisotopic (exact) mass is 327 g/mol. The summed E-state index contributed by atoms with van der Waals surface area (Å²) in [6.07, 6.45) is 0. The van der Waals surface area contributed by atoms with Crippen molar-refractivity contribution in [3.05, 3.63) is 28.5 Å². The first-order valence-electron chi connectivity index (χ1n) is 6.15. The van der Waals surface area contributed by atoms with Crippen LogP contribution in [0.4, 0.5) is 0 Å². The van der Waals surface area contributed by atoms with Crippen LogP contribution in [0.5, 0.6) is 0 Å². The number of likely N-dealkylation sites (N-methyl/N-ethyl adjacent to an activating group) is 2. The number of carbonyl (C=O) groups excluding carboxylic acids is 2. The van der Waals surface area contributed by atoms with Gasteiger partial charge in [-0.15, -0.1) is 0 Å². The van der Waals surface area contributed by atoms with E-state index in [1.807, 2.05) is 13.8 Å². The van der Waals surface area contributed by atoms with E-state index >= 15 is 0 Å². The van der Waals surface area contributed by atoms with Gasteiger partial charge in [-0.05, 0) is 41.9 Å². The van der Waals surface area contributed by atoms with E-state index in [9.17, 15) is 9.59 Å². The Hall–Kier alpha value is -1.43. The lowest BCUT2D eigenvalue weighted by Crippen LogP contribution is -2.41. The zero-order valence-electron chi connectivity index (χ0n) is 11.4. The summed E-state index contributed by atoms with van der Waals surface area (Å²) in [7, 11) is 1.60. The average molecular weight is 328 g/mol. The van der Waals surface area contributed by atoms with Crippen molar-refractivity contribution < 1.29 is 9.59 Å². The lowest BCUT2D eigenvalue weighted by Gasteiger charge is -2.23. The van der Waals surface area contributed by atoms with Gasteiger partial charge < -0.3 is 9.80 Å². The van der Waals surface area contributed by atoms with Crippen LogP contribution in [0.25, 0.3) is 0 Å². The number of amides is 2. The van der Waals surface area contributed by atoms with Crippen molar-refractivity contribution in [1.29, 1.82) is 0 Å². The number of carbonyl (C=O) groups is 2. The summed E-state index contributed by atoms with van der Waals surface area (Å²) in [5.41, 5.74) is 0.323. The molecule has 1 aromatic rings. The molecule has 0 fully saturated rings. The van der Waals surface area contributed by atoms with Crippen LogP contribution in [0.1, 0.15) is 24.3 Å². The number of halogens is 1. The minimum absolute atomic E-state index is 0.0594. The van der Waals surface area contributed by atoms with Gasteiger partial charge in [-0.2, -0.15) is 0 Å². The second-order valence-corrected chi connectivity index (χ2v) is 4.89. The Kier molecular flexibility index (Phi) is 5.95. The molecular weight excluding hydrogens is 310 g/mol. The lowest BCUT2D eigenvalue weighted by molar-refractivity contribution is -0.131. The molecule has 0 aromatic carbocycles. The minimum atomic E-state index is -0.262. The molecule has 0 N–H and O–H groups in total. The molecule has 0 saturated heterocycles. The van der Waals surface area contributed by atoms with E-state index in [0.29, 0.717) is 23.4 Å². The van der Waals surface area contributed by atoms with Gasteiger partial charge in [0.2, 0.25) is 5.91 Å². The molecule has 1 rings (SSSR count). The Morgan fingerprint density at radius 3 is 2.42 bits per heavy atom. The second kappa shape index (κ2) is 7.23. The molecule has 0 saturated carbocycles. The number of hydrogen-bond donors (Lipinski definition) is 0. The van der Waals surface area contributed by atoms with Crippen LogP contribution in [0.2, 0.25) is 0 Å². The van der Waals surface area contributed by atoms with Gasteiger partial charge in [0.1, 0.15) is 10.3 Å². The molecule has 0 atom stereocenters. The molecule has 1 aromatic heterocycles. The van der Waals surface area contributed by atoms with Crippen LogP contribution < -0.4 is 0 Å². The number of rotatable bonds is 5. The highest BCUT2D eigenvalue weighted by molar-refractivity contribution is 9.10. The molecule has 0 radical (unpaired) electrons. The van der Waals surface area contributed by atoms with Gasteiger partial charge in [-0.25, -0.2) is 4.98 Å². The van der Waals surface area contributed by atoms with Crippen LogP contribution >= 0.6 is 15.9 Å². The Labute approximate surface area is 121 Å². The van der Waals surface area contributed by atoms with Gasteiger partial charge >= 0.3 is 0 Å². The first-order chi connectivity index (χ1) is 8.99. The molecule has 0 unspecified atom stereocenters. The topological polar surface area (TPSA) is 53.5 Å². The molecular formula is C13H18BrN3O2. The smallest absolute Gasteiger partial charge is 0.272 e. The molecule has 19 heavy (non-hydrogen) atoms. The molecule has 0 aliphatic carbocycles. The third kappa shape index (κ3) is 4.31. The van der Waals surface area contributed by atoms with Gasteiger partial charge in [-0.1, -0.05) is 6.07 Å². The fourth-order valence-electron chi connectivity index (χ4n) is 1.67. The van der Waals surface area contributed by atoms with Crippen LogP contribution in [0.3, 0.4) is 0 Å². The van der Waals surface area contributed by atoms with Crippen LogP contribution in [0, 0.1) is 0 Å². The summed E-state index contributed by atoms with van der Waals surface area (Å²) in [5, 5.41) is 0. The van der Waals surface area contributed by atoms with E-state index in [-0.39, 0.29) is 18.4 Å². The minimum Gasteiger partial charge on any atom is -0.342 e. The van der Waals surface area contributed by atoms with E-state index in [1.165, 1.54) is 4.90 Å². The normalized spacial score (nSPS) is 10.1. The Morgan fingerprint density at radius 1 is 1.26 bits per heavy atom. The molecule has 0 aliphatic heterocycles. The van der Waals surface area contributed by atoms with Gasteiger partial charge in [-0.3, -0.25) is 9.59 Å². The predicted molar refractivity (Wildman–Crippen MR) is 76.8 cm³/mol. The Morgan fingerprint density at radius 2 is 1.89 bits per heavy atom. The number of hydrogen-bond acceptors (Lipinski definition) is 3. The molecule has 6 heteroatoms. The first-order valence-corrected chi connectivity index (χ1v) is 6.94. The van der Waals surface area contributed by atoms with E-state index in [1.54, 1.807) is 30.1 Å². The van der Waals surface area contributed by atoms with E-state index in [2.05, 4.69) is 20.9 Å². The maximum Gasteiger partial charge on any atom is 0.272 e. The van der Waals surface area contributed by atoms with Gasteiger partial charge in [0.25, 0.3) is 5.91 Å². The van der Waals surface area contributed by atoms with Gasteiger partial charge in [0.05, 0.1) is 6.54 Å². The molecule has 1 heterocycles. The number of nitrogens with zero attached hydrogens (tertiary/aromatic N) is 3. The molecule has 0 aliphatic rings. The summed E-state index contributed by atoms with van der Waals surface area (Å²) < 4.78 is 0.599. The zero-order valence-corrected chi connectivity index (χ0v) is 13.0. The molecule has 104 valence electrons. The molecule has 0 bridgehead atoms. The van der Waals surface area contributed by atoms with Crippen LogP contribution in [0.15, 0.2) is 22.8 Å². The first kappa shape index (κ1) is 15.6. The Balaban J connectivity index is 2.70. The van der Waals surface area contributed by atoms with E-state index in [0.717, 1.165) is 0 Å². The van der Waals surface area contributed by atoms with Crippen molar-refractivity contribution in [2.24, 2.45) is 0 Å². The second-order valence-electron chi connectivity index (χ2n) is 4.07. The number of aromatic nitrogens is 1. The summed E-state index contributed by atoms with van der Waals surface area (Å²) in [6.45, 7) is 5.19. The fourth-order valence-corrected chi connectivity index (χ4v) is 2.02. The van der Waals surface area contributed by atoms with Gasteiger partial charge in [0, 0.05) is 20.1 Å². The van der Waals surface area contributed by atoms with Crippen LogP contribution in [-0.4, -0.2) is 53.3 Å². The largest absolute Gasteiger partial charge is 0.342 e. The third-order valence-corrected chi connectivity index (χ3v) is 3.21. The fraction of sp³-hybridized carbons (Fsp3) is 0.462. The van der Waals surface area contributed by atoms with Crippen molar-refractivity contribution in [1.82, 2.24) is 14.8 Å². The van der Waals surface area contributed by atoms with Crippen molar-refractivity contribution in [3.8, 4) is 0 Å².